The van der Waals surface area contributed by atoms with E-state index in [0.717, 1.165) is 6.42 Å². The fourth-order valence-corrected chi connectivity index (χ4v) is 4.89. The number of sulfonamides is 1. The van der Waals surface area contributed by atoms with Crippen LogP contribution in [0.1, 0.15) is 18.2 Å². The largest absolute Gasteiger partial charge is 0.426 e. The lowest BCUT2D eigenvalue weighted by Gasteiger charge is -2.18. The summed E-state index contributed by atoms with van der Waals surface area (Å²) in [6.45, 7) is 2.60. The molecule has 2 fully saturated rings. The third-order valence-electron chi connectivity index (χ3n) is 4.52. The van der Waals surface area contributed by atoms with Gasteiger partial charge in [-0.05, 0) is 18.6 Å². The zero-order chi connectivity index (χ0) is 16.7. The van der Waals surface area contributed by atoms with Crippen molar-refractivity contribution in [2.45, 2.75) is 36.9 Å². The van der Waals surface area contributed by atoms with Crippen molar-refractivity contribution in [3.05, 3.63) is 36.3 Å². The van der Waals surface area contributed by atoms with Crippen LogP contribution in [0.3, 0.4) is 0 Å². The molecule has 3 atom stereocenters. The fourth-order valence-electron chi connectivity index (χ4n) is 3.42. The van der Waals surface area contributed by atoms with Gasteiger partial charge in [-0.3, -0.25) is 4.98 Å². The number of nitrogens with zero attached hydrogens (tertiary/aromatic N) is 4. The Morgan fingerprint density at radius 1 is 1.33 bits per heavy atom. The van der Waals surface area contributed by atoms with Crippen LogP contribution in [0.2, 0.25) is 0 Å². The van der Waals surface area contributed by atoms with E-state index in [1.165, 1.54) is 10.5 Å². The first-order chi connectivity index (χ1) is 11.5. The molecule has 0 amide bonds. The second-order valence-electron chi connectivity index (χ2n) is 6.22. The SMILES string of the molecule is Cc1nnc(C[C@@H]2C[C@@H]3CN(S(=O)(=O)c4cccnc4)C[C@@H]3O2)o1. The van der Waals surface area contributed by atoms with Gasteiger partial charge in [-0.25, -0.2) is 8.42 Å². The third-order valence-corrected chi connectivity index (χ3v) is 6.34. The molecular formula is C15H18N4O4S. The average molecular weight is 350 g/mol. The molecule has 2 aliphatic heterocycles. The number of hydrogen-bond acceptors (Lipinski definition) is 7. The zero-order valence-corrected chi connectivity index (χ0v) is 14.0. The van der Waals surface area contributed by atoms with Crippen molar-refractivity contribution in [2.75, 3.05) is 13.1 Å². The van der Waals surface area contributed by atoms with E-state index >= 15 is 0 Å². The second kappa shape index (κ2) is 5.91. The normalized spacial score (nSPS) is 27.5. The third kappa shape index (κ3) is 2.83. The summed E-state index contributed by atoms with van der Waals surface area (Å²) in [6.07, 6.45) is 4.23. The van der Waals surface area contributed by atoms with Gasteiger partial charge in [0.1, 0.15) is 4.90 Å². The second-order valence-corrected chi connectivity index (χ2v) is 8.16. The van der Waals surface area contributed by atoms with Crippen LogP contribution in [0.5, 0.6) is 0 Å². The Morgan fingerprint density at radius 3 is 2.88 bits per heavy atom. The Labute approximate surface area is 139 Å². The molecule has 0 aromatic carbocycles. The van der Waals surface area contributed by atoms with E-state index in [1.54, 1.807) is 25.3 Å². The van der Waals surface area contributed by atoms with E-state index < -0.39 is 10.0 Å². The predicted octanol–water partition coefficient (Wildman–Crippen LogP) is 0.794. The van der Waals surface area contributed by atoms with Gasteiger partial charge >= 0.3 is 0 Å². The highest BCUT2D eigenvalue weighted by Gasteiger charge is 2.46. The smallest absolute Gasteiger partial charge is 0.244 e. The summed E-state index contributed by atoms with van der Waals surface area (Å²) in [6, 6.07) is 3.20. The molecular weight excluding hydrogens is 332 g/mol. The molecule has 0 aliphatic carbocycles. The Kier molecular flexibility index (Phi) is 3.86. The summed E-state index contributed by atoms with van der Waals surface area (Å²) in [7, 11) is -3.50. The van der Waals surface area contributed by atoms with E-state index in [2.05, 4.69) is 15.2 Å². The molecule has 4 rings (SSSR count). The predicted molar refractivity (Wildman–Crippen MR) is 82.5 cm³/mol. The number of aryl methyl sites for hydroxylation is 1. The van der Waals surface area contributed by atoms with Crippen LogP contribution in [0, 0.1) is 12.8 Å². The summed E-state index contributed by atoms with van der Waals surface area (Å²) in [4.78, 5) is 4.12. The first kappa shape index (κ1) is 15.7. The van der Waals surface area contributed by atoms with Crippen LogP contribution in [0.4, 0.5) is 0 Å². The van der Waals surface area contributed by atoms with Crippen molar-refractivity contribution >= 4 is 10.0 Å². The summed E-state index contributed by atoms with van der Waals surface area (Å²) in [5.74, 6) is 1.31. The number of pyridine rings is 1. The van der Waals surface area contributed by atoms with Crippen molar-refractivity contribution in [2.24, 2.45) is 5.92 Å². The Bertz CT molecular complexity index is 809. The van der Waals surface area contributed by atoms with Gasteiger partial charge in [-0.15, -0.1) is 10.2 Å². The average Bonchev–Trinajstić information content (AvgIpc) is 3.23. The first-order valence-corrected chi connectivity index (χ1v) is 9.31. The summed E-state index contributed by atoms with van der Waals surface area (Å²) >= 11 is 0. The lowest BCUT2D eigenvalue weighted by Crippen LogP contribution is -2.31. The van der Waals surface area contributed by atoms with Gasteiger partial charge in [0.25, 0.3) is 0 Å². The van der Waals surface area contributed by atoms with Gasteiger partial charge < -0.3 is 9.15 Å². The fraction of sp³-hybridized carbons (Fsp3) is 0.533. The zero-order valence-electron chi connectivity index (χ0n) is 13.2. The lowest BCUT2D eigenvalue weighted by atomic mass is 10.0. The summed E-state index contributed by atoms with van der Waals surface area (Å²) in [5, 5.41) is 7.80. The number of rotatable bonds is 4. The van der Waals surface area contributed by atoms with E-state index in [9.17, 15) is 8.42 Å². The van der Waals surface area contributed by atoms with Gasteiger partial charge in [0.15, 0.2) is 0 Å². The van der Waals surface area contributed by atoms with Gasteiger partial charge in [0.05, 0.1) is 18.6 Å². The molecule has 0 unspecified atom stereocenters. The highest BCUT2D eigenvalue weighted by atomic mass is 32.2. The van der Waals surface area contributed by atoms with Gasteiger partial charge in [0.2, 0.25) is 21.8 Å². The molecule has 0 bridgehead atoms. The molecule has 0 N–H and O–H groups in total. The maximum Gasteiger partial charge on any atom is 0.244 e. The van der Waals surface area contributed by atoms with E-state index in [1.807, 2.05) is 0 Å². The monoisotopic (exact) mass is 350 g/mol. The van der Waals surface area contributed by atoms with Crippen LogP contribution in [0.25, 0.3) is 0 Å². The van der Waals surface area contributed by atoms with Gasteiger partial charge in [-0.1, -0.05) is 0 Å². The molecule has 0 radical (unpaired) electrons. The highest BCUT2D eigenvalue weighted by molar-refractivity contribution is 7.89. The molecule has 128 valence electrons. The number of ether oxygens (including phenoxy) is 1. The Balaban J connectivity index is 1.41. The molecule has 8 nitrogen and oxygen atoms in total. The van der Waals surface area contributed by atoms with Crippen LogP contribution in [-0.2, 0) is 21.2 Å². The molecule has 0 spiro atoms. The van der Waals surface area contributed by atoms with E-state index in [-0.39, 0.29) is 23.0 Å². The molecule has 2 aromatic heterocycles. The van der Waals surface area contributed by atoms with Gasteiger partial charge in [-0.2, -0.15) is 4.31 Å². The van der Waals surface area contributed by atoms with E-state index in [4.69, 9.17) is 9.15 Å². The minimum Gasteiger partial charge on any atom is -0.426 e. The number of hydrogen-bond donors (Lipinski definition) is 0. The topological polar surface area (TPSA) is 98.4 Å². The maximum atomic E-state index is 12.6. The maximum absolute atomic E-state index is 12.6. The first-order valence-electron chi connectivity index (χ1n) is 7.87. The lowest BCUT2D eigenvalue weighted by molar-refractivity contribution is 0.0407. The summed E-state index contributed by atoms with van der Waals surface area (Å²) in [5.41, 5.74) is 0. The molecule has 2 aliphatic rings. The van der Waals surface area contributed by atoms with Crippen LogP contribution in [-0.4, -0.2) is 53.2 Å². The molecule has 24 heavy (non-hydrogen) atoms. The van der Waals surface area contributed by atoms with Crippen molar-refractivity contribution in [1.29, 1.82) is 0 Å². The van der Waals surface area contributed by atoms with Crippen LogP contribution in [0.15, 0.2) is 33.8 Å². The van der Waals surface area contributed by atoms with Crippen molar-refractivity contribution in [1.82, 2.24) is 19.5 Å². The van der Waals surface area contributed by atoms with Gasteiger partial charge in [0, 0.05) is 38.3 Å². The molecule has 2 saturated heterocycles. The molecule has 4 heterocycles. The van der Waals surface area contributed by atoms with Crippen LogP contribution < -0.4 is 0 Å². The summed E-state index contributed by atoms with van der Waals surface area (Å²) < 4.78 is 38.2. The van der Waals surface area contributed by atoms with E-state index in [0.29, 0.717) is 31.3 Å². The molecule has 0 saturated carbocycles. The molecule has 2 aromatic rings. The Hall–Kier alpha value is -1.84. The number of aromatic nitrogens is 3. The van der Waals surface area contributed by atoms with Crippen molar-refractivity contribution < 1.29 is 17.6 Å². The number of fused-ring (bicyclic) bond motifs is 1. The van der Waals surface area contributed by atoms with Crippen LogP contribution >= 0.6 is 0 Å². The standard InChI is InChI=1S/C15H18N4O4S/c1-10-17-18-15(22-10)6-12-5-11-8-19(9-14(11)23-12)24(20,21)13-3-2-4-16-7-13/h2-4,7,11-12,14H,5-6,8-9H2,1H3/t11-,12+,14+/m1/s1. The van der Waals surface area contributed by atoms with Crippen molar-refractivity contribution in [3.63, 3.8) is 0 Å². The van der Waals surface area contributed by atoms with Crippen molar-refractivity contribution in [3.8, 4) is 0 Å². The molecule has 9 heteroatoms. The Morgan fingerprint density at radius 2 is 2.21 bits per heavy atom. The highest BCUT2D eigenvalue weighted by Crippen LogP contribution is 2.36. The minimum absolute atomic E-state index is 0.00287. The quantitative estimate of drug-likeness (QED) is 0.804. The minimum atomic E-state index is -3.50.